The van der Waals surface area contributed by atoms with Gasteiger partial charge in [0.25, 0.3) is 5.91 Å². The van der Waals surface area contributed by atoms with E-state index < -0.39 is 24.5 Å². The Hall–Kier alpha value is -2.86. The lowest BCUT2D eigenvalue weighted by molar-refractivity contribution is -0.135. The molecule has 1 amide bonds. The monoisotopic (exact) mass is 343 g/mol. The number of carbonyl (C=O) groups excluding carboxylic acids is 1. The van der Waals surface area contributed by atoms with Crippen LogP contribution < -0.4 is 10.1 Å². The van der Waals surface area contributed by atoms with Crippen molar-refractivity contribution in [2.24, 2.45) is 0 Å². The van der Waals surface area contributed by atoms with Crippen LogP contribution >= 0.6 is 0 Å². The molecule has 0 aliphatic rings. The van der Waals surface area contributed by atoms with Gasteiger partial charge in [-0.25, -0.2) is 0 Å². The highest BCUT2D eigenvalue weighted by molar-refractivity contribution is 5.95. The molecule has 0 aliphatic carbocycles. The maximum Gasteiger partial charge on any atom is 0.322 e. The Morgan fingerprint density at radius 1 is 1.04 bits per heavy atom. The van der Waals surface area contributed by atoms with Crippen molar-refractivity contribution in [3.05, 3.63) is 65.7 Å². The smallest absolute Gasteiger partial charge is 0.322 e. The molecule has 132 valence electrons. The van der Waals surface area contributed by atoms with Gasteiger partial charge in [0.05, 0.1) is 6.10 Å². The van der Waals surface area contributed by atoms with Gasteiger partial charge in [-0.1, -0.05) is 30.3 Å². The molecule has 0 aliphatic heterocycles. The molecule has 2 rings (SSSR count). The first-order chi connectivity index (χ1) is 12.0. The number of aliphatic hydroxyl groups is 1. The van der Waals surface area contributed by atoms with E-state index in [0.29, 0.717) is 17.7 Å². The van der Waals surface area contributed by atoms with Gasteiger partial charge >= 0.3 is 5.97 Å². The number of ether oxygens (including phenoxy) is 1. The molecule has 0 spiro atoms. The summed E-state index contributed by atoms with van der Waals surface area (Å²) in [7, 11) is 0. The third kappa shape index (κ3) is 6.64. The van der Waals surface area contributed by atoms with Crippen molar-refractivity contribution in [1.29, 1.82) is 0 Å². The first kappa shape index (κ1) is 18.5. The normalized spacial score (nSPS) is 11.6. The molecular formula is C19H21NO5. The Bertz CT molecular complexity index is 685. The summed E-state index contributed by atoms with van der Waals surface area (Å²) in [5.74, 6) is -1.02. The number of amides is 1. The maximum absolute atomic E-state index is 11.7. The van der Waals surface area contributed by atoms with Crippen LogP contribution in [-0.4, -0.2) is 41.3 Å². The zero-order chi connectivity index (χ0) is 18.1. The second-order valence-electron chi connectivity index (χ2n) is 5.59. The fourth-order valence-electron chi connectivity index (χ4n) is 2.21. The van der Waals surface area contributed by atoms with Crippen LogP contribution in [0.4, 0.5) is 0 Å². The lowest BCUT2D eigenvalue weighted by Gasteiger charge is -2.12. The van der Waals surface area contributed by atoms with Crippen LogP contribution in [0, 0.1) is 0 Å². The molecule has 1 unspecified atom stereocenters. The number of carboxylic acid groups (broad SMARTS) is 1. The van der Waals surface area contributed by atoms with Gasteiger partial charge in [0, 0.05) is 5.56 Å². The summed E-state index contributed by atoms with van der Waals surface area (Å²) in [6, 6.07) is 16.2. The molecule has 2 aromatic rings. The van der Waals surface area contributed by atoms with Gasteiger partial charge in [-0.05, 0) is 42.7 Å². The average Bonchev–Trinajstić information content (AvgIpc) is 2.64. The Balaban J connectivity index is 1.75. The molecule has 6 nitrogen and oxygen atoms in total. The van der Waals surface area contributed by atoms with Crippen molar-refractivity contribution < 1.29 is 24.5 Å². The summed E-state index contributed by atoms with van der Waals surface area (Å²) in [4.78, 5) is 22.1. The number of carbonyl (C=O) groups is 2. The molecule has 0 aromatic heterocycles. The first-order valence-electron chi connectivity index (χ1n) is 7.99. The van der Waals surface area contributed by atoms with Crippen molar-refractivity contribution >= 4 is 11.9 Å². The maximum atomic E-state index is 11.7. The van der Waals surface area contributed by atoms with Gasteiger partial charge in [0.15, 0.2) is 0 Å². The van der Waals surface area contributed by atoms with Crippen molar-refractivity contribution in [3.8, 4) is 5.75 Å². The largest absolute Gasteiger partial charge is 0.491 e. The minimum Gasteiger partial charge on any atom is -0.491 e. The Morgan fingerprint density at radius 2 is 1.72 bits per heavy atom. The van der Waals surface area contributed by atoms with Crippen LogP contribution in [0.25, 0.3) is 0 Å². The molecule has 0 saturated carbocycles. The van der Waals surface area contributed by atoms with E-state index in [2.05, 4.69) is 5.32 Å². The van der Waals surface area contributed by atoms with E-state index in [1.165, 1.54) is 5.56 Å². The summed E-state index contributed by atoms with van der Waals surface area (Å²) in [5, 5.41) is 20.8. The summed E-state index contributed by atoms with van der Waals surface area (Å²) in [6.45, 7) is -0.262. The predicted octanol–water partition coefficient (Wildman–Crippen LogP) is 1.87. The van der Waals surface area contributed by atoms with Gasteiger partial charge < -0.3 is 20.3 Å². The first-order valence-corrected chi connectivity index (χ1v) is 7.99. The zero-order valence-corrected chi connectivity index (χ0v) is 13.7. The Kier molecular flexibility index (Phi) is 6.98. The standard InChI is InChI=1S/C19H21NO5/c21-16(9-6-14-4-2-1-3-5-14)13-25-17-10-7-15(8-11-17)19(24)20-12-18(22)23/h1-5,7-8,10-11,16,21H,6,9,12-13H2,(H,20,24)(H,22,23). The van der Waals surface area contributed by atoms with E-state index in [1.807, 2.05) is 30.3 Å². The minimum atomic E-state index is -1.10. The second-order valence-corrected chi connectivity index (χ2v) is 5.59. The summed E-state index contributed by atoms with van der Waals surface area (Å²) in [6.07, 6.45) is 0.784. The number of carboxylic acids is 1. The number of hydrogen-bond donors (Lipinski definition) is 3. The third-order valence-electron chi connectivity index (χ3n) is 3.57. The van der Waals surface area contributed by atoms with E-state index >= 15 is 0 Å². The Labute approximate surface area is 146 Å². The van der Waals surface area contributed by atoms with E-state index in [0.717, 1.165) is 6.42 Å². The van der Waals surface area contributed by atoms with E-state index in [4.69, 9.17) is 9.84 Å². The summed E-state index contributed by atoms with van der Waals surface area (Å²) >= 11 is 0. The summed E-state index contributed by atoms with van der Waals surface area (Å²) in [5.41, 5.74) is 1.51. The van der Waals surface area contributed by atoms with Crippen LogP contribution in [0.5, 0.6) is 5.75 Å². The van der Waals surface area contributed by atoms with Crippen LogP contribution in [0.3, 0.4) is 0 Å². The van der Waals surface area contributed by atoms with Gasteiger partial charge in [0.2, 0.25) is 0 Å². The predicted molar refractivity (Wildman–Crippen MR) is 92.7 cm³/mol. The molecule has 3 N–H and O–H groups in total. The highest BCUT2D eigenvalue weighted by Crippen LogP contribution is 2.13. The minimum absolute atomic E-state index is 0.164. The molecule has 0 radical (unpaired) electrons. The van der Waals surface area contributed by atoms with Gasteiger partial charge in [-0.2, -0.15) is 0 Å². The van der Waals surface area contributed by atoms with Crippen molar-refractivity contribution in [2.75, 3.05) is 13.2 Å². The second kappa shape index (κ2) is 9.44. The molecule has 1 atom stereocenters. The third-order valence-corrected chi connectivity index (χ3v) is 3.57. The fourth-order valence-corrected chi connectivity index (χ4v) is 2.21. The number of benzene rings is 2. The molecule has 6 heteroatoms. The fraction of sp³-hybridized carbons (Fsp3) is 0.263. The number of aryl methyl sites for hydroxylation is 1. The molecule has 0 bridgehead atoms. The van der Waals surface area contributed by atoms with Crippen LogP contribution in [-0.2, 0) is 11.2 Å². The van der Waals surface area contributed by atoms with Crippen LogP contribution in [0.2, 0.25) is 0 Å². The summed E-state index contributed by atoms with van der Waals surface area (Å²) < 4.78 is 5.51. The Morgan fingerprint density at radius 3 is 2.36 bits per heavy atom. The lowest BCUT2D eigenvalue weighted by atomic mass is 10.1. The van der Waals surface area contributed by atoms with Gasteiger partial charge in [-0.3, -0.25) is 9.59 Å². The molecule has 0 saturated heterocycles. The van der Waals surface area contributed by atoms with E-state index in [9.17, 15) is 14.7 Å². The highest BCUT2D eigenvalue weighted by atomic mass is 16.5. The van der Waals surface area contributed by atoms with Crippen LogP contribution in [0.15, 0.2) is 54.6 Å². The molecular weight excluding hydrogens is 322 g/mol. The number of hydrogen-bond acceptors (Lipinski definition) is 4. The SMILES string of the molecule is O=C(O)CNC(=O)c1ccc(OCC(O)CCc2ccccc2)cc1. The average molecular weight is 343 g/mol. The molecule has 0 fully saturated rings. The highest BCUT2D eigenvalue weighted by Gasteiger charge is 2.09. The molecule has 2 aromatic carbocycles. The van der Waals surface area contributed by atoms with E-state index in [1.54, 1.807) is 24.3 Å². The molecule has 25 heavy (non-hydrogen) atoms. The quantitative estimate of drug-likeness (QED) is 0.646. The number of aliphatic hydroxyl groups excluding tert-OH is 1. The zero-order valence-electron chi connectivity index (χ0n) is 13.7. The molecule has 0 heterocycles. The lowest BCUT2D eigenvalue weighted by Crippen LogP contribution is -2.29. The van der Waals surface area contributed by atoms with Gasteiger partial charge in [0.1, 0.15) is 18.9 Å². The number of rotatable bonds is 9. The van der Waals surface area contributed by atoms with Crippen molar-refractivity contribution in [1.82, 2.24) is 5.32 Å². The topological polar surface area (TPSA) is 95.9 Å². The van der Waals surface area contributed by atoms with Gasteiger partial charge in [-0.15, -0.1) is 0 Å². The van der Waals surface area contributed by atoms with Crippen LogP contribution in [0.1, 0.15) is 22.3 Å². The van der Waals surface area contributed by atoms with Crippen molar-refractivity contribution in [2.45, 2.75) is 18.9 Å². The number of aliphatic carboxylic acids is 1. The van der Waals surface area contributed by atoms with E-state index in [-0.39, 0.29) is 6.61 Å². The number of nitrogens with one attached hydrogen (secondary N) is 1. The van der Waals surface area contributed by atoms with Crippen molar-refractivity contribution in [3.63, 3.8) is 0 Å².